The number of aliphatic hydroxyl groups is 2. The van der Waals surface area contributed by atoms with Crippen molar-refractivity contribution in [2.24, 2.45) is 0 Å². The van der Waals surface area contributed by atoms with E-state index in [1.807, 2.05) is 0 Å². The zero-order chi connectivity index (χ0) is 13.3. The van der Waals surface area contributed by atoms with Crippen LogP contribution in [0.2, 0.25) is 0 Å². The Morgan fingerprint density at radius 2 is 2.12 bits per heavy atom. The van der Waals surface area contributed by atoms with E-state index in [2.05, 4.69) is 9.84 Å². The maximum Gasteiger partial charge on any atom is 0.469 e. The standard InChI is InChI=1S/C8H14NO7P/c1-8(12)4-5(6(10)7(8)11)9-2-3-16-17(13,14)15/h9-10,12H,2-4H2,1H3,(H2,13,14,15). The summed E-state index contributed by atoms with van der Waals surface area (Å²) < 4.78 is 14.5. The Morgan fingerprint density at radius 1 is 1.53 bits per heavy atom. The minimum absolute atomic E-state index is 0.00609. The molecule has 0 heterocycles. The van der Waals surface area contributed by atoms with E-state index in [0.29, 0.717) is 0 Å². The second kappa shape index (κ2) is 4.75. The van der Waals surface area contributed by atoms with Gasteiger partial charge in [-0.1, -0.05) is 0 Å². The zero-order valence-electron chi connectivity index (χ0n) is 9.08. The Balaban J connectivity index is 2.44. The molecule has 0 bridgehead atoms. The van der Waals surface area contributed by atoms with Gasteiger partial charge in [-0.2, -0.15) is 0 Å². The molecule has 0 saturated heterocycles. The van der Waals surface area contributed by atoms with Crippen LogP contribution in [-0.4, -0.2) is 44.5 Å². The number of aliphatic hydroxyl groups excluding tert-OH is 1. The van der Waals surface area contributed by atoms with Crippen LogP contribution in [0.25, 0.3) is 0 Å². The van der Waals surface area contributed by atoms with Crippen LogP contribution in [-0.2, 0) is 13.9 Å². The lowest BCUT2D eigenvalue weighted by molar-refractivity contribution is -0.132. The van der Waals surface area contributed by atoms with E-state index in [-0.39, 0.29) is 25.3 Å². The van der Waals surface area contributed by atoms with Gasteiger partial charge >= 0.3 is 7.82 Å². The van der Waals surface area contributed by atoms with Crippen LogP contribution in [0.3, 0.4) is 0 Å². The van der Waals surface area contributed by atoms with Gasteiger partial charge in [0.15, 0.2) is 5.76 Å². The van der Waals surface area contributed by atoms with E-state index >= 15 is 0 Å². The molecule has 1 atom stereocenters. The maximum atomic E-state index is 11.3. The highest BCUT2D eigenvalue weighted by molar-refractivity contribution is 7.46. The second-order valence-corrected chi connectivity index (χ2v) is 5.10. The Kier molecular flexibility index (Phi) is 3.95. The first-order valence-corrected chi connectivity index (χ1v) is 6.30. The number of nitrogens with one attached hydrogen (secondary N) is 1. The quantitative estimate of drug-likeness (QED) is 0.322. The molecule has 17 heavy (non-hydrogen) atoms. The lowest BCUT2D eigenvalue weighted by Gasteiger charge is -2.13. The minimum Gasteiger partial charge on any atom is -0.503 e. The van der Waals surface area contributed by atoms with Crippen LogP contribution in [0, 0.1) is 0 Å². The summed E-state index contributed by atoms with van der Waals surface area (Å²) in [7, 11) is -4.51. The molecule has 0 aliphatic heterocycles. The highest BCUT2D eigenvalue weighted by Gasteiger charge is 2.42. The van der Waals surface area contributed by atoms with Crippen LogP contribution < -0.4 is 5.32 Å². The summed E-state index contributed by atoms with van der Waals surface area (Å²) in [5.41, 5.74) is -1.51. The zero-order valence-corrected chi connectivity index (χ0v) is 9.98. The van der Waals surface area contributed by atoms with Crippen LogP contribution in [0.4, 0.5) is 0 Å². The van der Waals surface area contributed by atoms with Crippen LogP contribution >= 0.6 is 7.82 Å². The van der Waals surface area contributed by atoms with Gasteiger partial charge in [0.1, 0.15) is 5.60 Å². The van der Waals surface area contributed by atoms with E-state index in [1.54, 1.807) is 0 Å². The number of carbonyl (C=O) groups excluding carboxylic acids is 1. The van der Waals surface area contributed by atoms with Gasteiger partial charge in [0.25, 0.3) is 0 Å². The van der Waals surface area contributed by atoms with Crippen molar-refractivity contribution in [3.63, 3.8) is 0 Å². The molecule has 0 aromatic rings. The average molecular weight is 267 g/mol. The summed E-state index contributed by atoms with van der Waals surface area (Å²) >= 11 is 0. The molecule has 8 nitrogen and oxygen atoms in total. The van der Waals surface area contributed by atoms with Crippen molar-refractivity contribution < 1.29 is 33.9 Å². The van der Waals surface area contributed by atoms with Crippen molar-refractivity contribution in [1.82, 2.24) is 5.32 Å². The predicted molar refractivity (Wildman–Crippen MR) is 55.9 cm³/mol. The van der Waals surface area contributed by atoms with Gasteiger partial charge in [-0.15, -0.1) is 0 Å². The molecule has 0 amide bonds. The average Bonchev–Trinajstić information content (AvgIpc) is 2.36. The summed E-state index contributed by atoms with van der Waals surface area (Å²) in [6.45, 7) is 0.970. The fourth-order valence-corrected chi connectivity index (χ4v) is 1.74. The van der Waals surface area contributed by atoms with E-state index in [0.717, 1.165) is 0 Å². The number of ketones is 1. The molecule has 0 spiro atoms. The van der Waals surface area contributed by atoms with Gasteiger partial charge in [0, 0.05) is 13.0 Å². The largest absolute Gasteiger partial charge is 0.503 e. The monoisotopic (exact) mass is 267 g/mol. The van der Waals surface area contributed by atoms with Gasteiger partial charge in [-0.05, 0) is 6.92 Å². The molecule has 1 aliphatic carbocycles. The second-order valence-electron chi connectivity index (χ2n) is 3.86. The van der Waals surface area contributed by atoms with Crippen molar-refractivity contribution in [2.75, 3.05) is 13.2 Å². The number of carbonyl (C=O) groups is 1. The first-order valence-electron chi connectivity index (χ1n) is 4.77. The van der Waals surface area contributed by atoms with E-state index in [9.17, 15) is 19.6 Å². The first-order chi connectivity index (χ1) is 7.63. The van der Waals surface area contributed by atoms with E-state index in [1.165, 1.54) is 6.92 Å². The number of phosphoric ester groups is 1. The first kappa shape index (κ1) is 14.1. The summed E-state index contributed by atoms with van der Waals surface area (Å²) in [6, 6.07) is 0. The van der Waals surface area contributed by atoms with Crippen LogP contribution in [0.5, 0.6) is 0 Å². The summed E-state index contributed by atoms with van der Waals surface area (Å²) in [4.78, 5) is 28.1. The number of hydrogen-bond donors (Lipinski definition) is 5. The Hall–Kier alpha value is -0.920. The van der Waals surface area contributed by atoms with E-state index in [4.69, 9.17) is 9.79 Å². The SMILES string of the molecule is CC1(O)CC(NCCOP(=O)(O)O)=C(O)C1=O. The summed E-state index contributed by atoms with van der Waals surface area (Å²) in [6.07, 6.45) is -0.0758. The molecular weight excluding hydrogens is 253 g/mol. The molecule has 0 fully saturated rings. The van der Waals surface area contributed by atoms with Crippen LogP contribution in [0.1, 0.15) is 13.3 Å². The topological polar surface area (TPSA) is 136 Å². The number of rotatable bonds is 5. The molecule has 0 aromatic heterocycles. The van der Waals surface area contributed by atoms with Crippen molar-refractivity contribution >= 4 is 13.6 Å². The molecule has 1 aliphatic rings. The molecule has 0 saturated carbocycles. The smallest absolute Gasteiger partial charge is 0.469 e. The lowest BCUT2D eigenvalue weighted by Crippen LogP contribution is -2.31. The van der Waals surface area contributed by atoms with Crippen LogP contribution in [0.15, 0.2) is 11.5 Å². The molecule has 1 unspecified atom stereocenters. The Labute approximate surface area is 97.1 Å². The van der Waals surface area contributed by atoms with Gasteiger partial charge in [-0.25, -0.2) is 4.57 Å². The molecule has 98 valence electrons. The minimum atomic E-state index is -4.51. The molecule has 0 aromatic carbocycles. The number of phosphoric acid groups is 1. The summed E-state index contributed by atoms with van der Waals surface area (Å²) in [5, 5.41) is 21.5. The maximum absolute atomic E-state index is 11.3. The van der Waals surface area contributed by atoms with Gasteiger partial charge in [0.2, 0.25) is 5.78 Å². The summed E-state index contributed by atoms with van der Waals surface area (Å²) in [5.74, 6) is -1.35. The molecule has 0 radical (unpaired) electrons. The predicted octanol–water partition coefficient (Wildman–Crippen LogP) is -0.821. The fraction of sp³-hybridized carbons (Fsp3) is 0.625. The Morgan fingerprint density at radius 3 is 2.53 bits per heavy atom. The number of Topliss-reactive ketones (excluding diaryl/α,β-unsaturated/α-hetero) is 1. The number of hydrogen-bond acceptors (Lipinski definition) is 6. The van der Waals surface area contributed by atoms with Crippen molar-refractivity contribution in [3.05, 3.63) is 11.5 Å². The third-order valence-corrected chi connectivity index (χ3v) is 2.73. The molecule has 5 N–H and O–H groups in total. The van der Waals surface area contributed by atoms with Gasteiger partial charge in [0.05, 0.1) is 12.3 Å². The lowest BCUT2D eigenvalue weighted by atomic mass is 10.0. The molecular formula is C8H14NO7P. The highest BCUT2D eigenvalue weighted by Crippen LogP contribution is 2.35. The Bertz CT molecular complexity index is 397. The molecule has 9 heteroatoms. The highest BCUT2D eigenvalue weighted by atomic mass is 31.2. The third-order valence-electron chi connectivity index (χ3n) is 2.21. The van der Waals surface area contributed by atoms with Gasteiger partial charge in [-0.3, -0.25) is 9.32 Å². The molecule has 1 rings (SSSR count). The third kappa shape index (κ3) is 3.79. The van der Waals surface area contributed by atoms with Crippen molar-refractivity contribution in [1.29, 1.82) is 0 Å². The fourth-order valence-electron chi connectivity index (χ4n) is 1.41. The normalized spacial score (nSPS) is 25.5. The van der Waals surface area contributed by atoms with Crippen molar-refractivity contribution in [2.45, 2.75) is 18.9 Å². The van der Waals surface area contributed by atoms with E-state index < -0.39 is 25.0 Å². The van der Waals surface area contributed by atoms with Crippen molar-refractivity contribution in [3.8, 4) is 0 Å². The van der Waals surface area contributed by atoms with Gasteiger partial charge < -0.3 is 25.3 Å².